The third-order valence-electron chi connectivity index (χ3n) is 3.82. The van der Waals surface area contributed by atoms with Crippen molar-refractivity contribution in [1.82, 2.24) is 10.2 Å². The molecular weight excluding hydrogens is 288 g/mol. The van der Waals surface area contributed by atoms with Crippen molar-refractivity contribution >= 4 is 17.5 Å². The van der Waals surface area contributed by atoms with E-state index < -0.39 is 6.10 Å². The predicted octanol–water partition coefficient (Wildman–Crippen LogP) is 2.71. The third kappa shape index (κ3) is 4.90. The number of hydrogen-bond donors (Lipinski definition) is 1. The van der Waals surface area contributed by atoms with Crippen LogP contribution in [0.2, 0.25) is 5.02 Å². The van der Waals surface area contributed by atoms with Crippen LogP contribution in [0.5, 0.6) is 5.75 Å². The van der Waals surface area contributed by atoms with Gasteiger partial charge in [0.15, 0.2) is 6.10 Å². The number of nitrogens with one attached hydrogen (secondary N) is 1. The fraction of sp³-hybridized carbons (Fsp3) is 0.562. The Balaban J connectivity index is 1.87. The van der Waals surface area contributed by atoms with Gasteiger partial charge in [0.2, 0.25) is 0 Å². The monoisotopic (exact) mass is 310 g/mol. The van der Waals surface area contributed by atoms with Crippen molar-refractivity contribution < 1.29 is 9.53 Å². The molecule has 1 aliphatic rings. The normalized spacial score (nSPS) is 18.2. The van der Waals surface area contributed by atoms with E-state index in [2.05, 4.69) is 17.3 Å². The van der Waals surface area contributed by atoms with Crippen LogP contribution in [0.25, 0.3) is 0 Å². The lowest BCUT2D eigenvalue weighted by molar-refractivity contribution is -0.129. The van der Waals surface area contributed by atoms with Crippen LogP contribution in [-0.4, -0.2) is 43.1 Å². The summed E-state index contributed by atoms with van der Waals surface area (Å²) in [4.78, 5) is 14.6. The fourth-order valence-corrected chi connectivity index (χ4v) is 2.57. The van der Waals surface area contributed by atoms with Gasteiger partial charge in [-0.1, -0.05) is 18.5 Å². The Bertz CT molecular complexity index is 456. The molecule has 1 aliphatic heterocycles. The molecule has 1 amide bonds. The molecule has 1 aromatic carbocycles. The summed E-state index contributed by atoms with van der Waals surface area (Å²) in [5.41, 5.74) is 0. The summed E-state index contributed by atoms with van der Waals surface area (Å²) in [6, 6.07) is 7.36. The first-order valence-electron chi connectivity index (χ1n) is 7.49. The van der Waals surface area contributed by atoms with Crippen LogP contribution in [0.3, 0.4) is 0 Å². The largest absolute Gasteiger partial charge is 0.481 e. The van der Waals surface area contributed by atoms with E-state index in [1.54, 1.807) is 24.3 Å². The van der Waals surface area contributed by atoms with Crippen molar-refractivity contribution in [1.29, 1.82) is 0 Å². The maximum Gasteiger partial charge on any atom is 0.261 e. The van der Waals surface area contributed by atoms with Gasteiger partial charge in [-0.05, 0) is 63.7 Å². The standard InChI is InChI=1S/C16H23ClN2O2/c1-3-15(21-14-6-4-12(17)5-7-14)16(20)18-13-8-10-19(2)11-9-13/h4-7,13,15H,3,8-11H2,1-2H3,(H,18,20). The first kappa shape index (κ1) is 16.1. The molecule has 0 aromatic heterocycles. The molecule has 0 bridgehead atoms. The minimum Gasteiger partial charge on any atom is -0.481 e. The minimum absolute atomic E-state index is 0.0259. The van der Waals surface area contributed by atoms with Gasteiger partial charge in [0.05, 0.1) is 0 Å². The zero-order valence-corrected chi connectivity index (χ0v) is 13.4. The zero-order valence-electron chi connectivity index (χ0n) is 12.6. The summed E-state index contributed by atoms with van der Waals surface area (Å²) in [7, 11) is 2.11. The Morgan fingerprint density at radius 1 is 1.38 bits per heavy atom. The molecule has 0 saturated carbocycles. The second-order valence-electron chi connectivity index (χ2n) is 5.55. The number of likely N-dealkylation sites (tertiary alicyclic amines) is 1. The molecule has 1 fully saturated rings. The van der Waals surface area contributed by atoms with Gasteiger partial charge in [-0.2, -0.15) is 0 Å². The SMILES string of the molecule is CCC(Oc1ccc(Cl)cc1)C(=O)NC1CCN(C)CC1. The highest BCUT2D eigenvalue weighted by Crippen LogP contribution is 2.18. The summed E-state index contributed by atoms with van der Waals surface area (Å²) in [5.74, 6) is 0.645. The van der Waals surface area contributed by atoms with Gasteiger partial charge < -0.3 is 15.0 Å². The lowest BCUT2D eigenvalue weighted by Gasteiger charge is -2.30. The quantitative estimate of drug-likeness (QED) is 0.909. The molecule has 0 spiro atoms. The highest BCUT2D eigenvalue weighted by atomic mass is 35.5. The van der Waals surface area contributed by atoms with Crippen LogP contribution in [0.4, 0.5) is 0 Å². The topological polar surface area (TPSA) is 41.6 Å². The van der Waals surface area contributed by atoms with Crippen molar-refractivity contribution in [2.24, 2.45) is 0 Å². The molecule has 21 heavy (non-hydrogen) atoms. The predicted molar refractivity (Wildman–Crippen MR) is 84.8 cm³/mol. The zero-order chi connectivity index (χ0) is 15.2. The molecule has 1 aromatic rings. The number of carbonyl (C=O) groups is 1. The van der Waals surface area contributed by atoms with Crippen LogP contribution < -0.4 is 10.1 Å². The van der Waals surface area contributed by atoms with Crippen LogP contribution in [0.15, 0.2) is 24.3 Å². The molecular formula is C16H23ClN2O2. The average Bonchev–Trinajstić information content (AvgIpc) is 2.49. The Labute approximate surface area is 131 Å². The van der Waals surface area contributed by atoms with E-state index >= 15 is 0 Å². The highest BCUT2D eigenvalue weighted by Gasteiger charge is 2.23. The molecule has 116 valence electrons. The number of ether oxygens (including phenoxy) is 1. The van der Waals surface area contributed by atoms with Crippen molar-refractivity contribution in [2.45, 2.75) is 38.3 Å². The van der Waals surface area contributed by atoms with Crippen molar-refractivity contribution in [3.8, 4) is 5.75 Å². The number of rotatable bonds is 5. The molecule has 0 aliphatic carbocycles. The van der Waals surface area contributed by atoms with Gasteiger partial charge in [0, 0.05) is 11.1 Å². The summed E-state index contributed by atoms with van der Waals surface area (Å²) < 4.78 is 5.76. The fourth-order valence-electron chi connectivity index (χ4n) is 2.45. The first-order chi connectivity index (χ1) is 10.1. The maximum absolute atomic E-state index is 12.3. The van der Waals surface area contributed by atoms with Crippen molar-refractivity contribution in [3.63, 3.8) is 0 Å². The van der Waals surface area contributed by atoms with Gasteiger partial charge in [-0.25, -0.2) is 0 Å². The van der Waals surface area contributed by atoms with E-state index in [0.717, 1.165) is 25.9 Å². The summed E-state index contributed by atoms with van der Waals surface area (Å²) in [6.07, 6.45) is 2.19. The molecule has 1 unspecified atom stereocenters. The number of benzene rings is 1. The second kappa shape index (κ2) is 7.66. The summed E-state index contributed by atoms with van der Waals surface area (Å²) in [5, 5.41) is 3.76. The Morgan fingerprint density at radius 2 is 2.00 bits per heavy atom. The van der Waals surface area contributed by atoms with E-state index in [-0.39, 0.29) is 11.9 Å². The van der Waals surface area contributed by atoms with E-state index in [1.165, 1.54) is 0 Å². The van der Waals surface area contributed by atoms with Gasteiger partial charge in [-0.3, -0.25) is 4.79 Å². The van der Waals surface area contributed by atoms with Crippen molar-refractivity contribution in [2.75, 3.05) is 20.1 Å². The van der Waals surface area contributed by atoms with E-state index in [1.807, 2.05) is 6.92 Å². The van der Waals surface area contributed by atoms with Gasteiger partial charge in [0.25, 0.3) is 5.91 Å². The molecule has 1 atom stereocenters. The number of halogens is 1. The van der Waals surface area contributed by atoms with E-state index in [9.17, 15) is 4.79 Å². The second-order valence-corrected chi connectivity index (χ2v) is 5.99. The number of piperidine rings is 1. The smallest absolute Gasteiger partial charge is 0.261 e. The minimum atomic E-state index is -0.453. The molecule has 1 saturated heterocycles. The average molecular weight is 311 g/mol. The first-order valence-corrected chi connectivity index (χ1v) is 7.87. The summed E-state index contributed by atoms with van der Waals surface area (Å²) >= 11 is 5.85. The Morgan fingerprint density at radius 3 is 2.57 bits per heavy atom. The van der Waals surface area contributed by atoms with Crippen molar-refractivity contribution in [3.05, 3.63) is 29.3 Å². The van der Waals surface area contributed by atoms with E-state index in [4.69, 9.17) is 16.3 Å². The molecule has 2 rings (SSSR count). The van der Waals surface area contributed by atoms with Crippen LogP contribution in [0, 0.1) is 0 Å². The molecule has 1 heterocycles. The lowest BCUT2D eigenvalue weighted by atomic mass is 10.1. The van der Waals surface area contributed by atoms with Gasteiger partial charge in [0.1, 0.15) is 5.75 Å². The van der Waals surface area contributed by atoms with E-state index in [0.29, 0.717) is 17.2 Å². The van der Waals surface area contributed by atoms with Crippen LogP contribution in [-0.2, 0) is 4.79 Å². The molecule has 5 heteroatoms. The summed E-state index contributed by atoms with van der Waals surface area (Å²) in [6.45, 7) is 4.01. The lowest BCUT2D eigenvalue weighted by Crippen LogP contribution is -2.47. The maximum atomic E-state index is 12.3. The highest BCUT2D eigenvalue weighted by molar-refractivity contribution is 6.30. The molecule has 4 nitrogen and oxygen atoms in total. The Kier molecular flexibility index (Phi) is 5.88. The van der Waals surface area contributed by atoms with Crippen LogP contribution in [0.1, 0.15) is 26.2 Å². The number of carbonyl (C=O) groups excluding carboxylic acids is 1. The Hall–Kier alpha value is -1.26. The number of amides is 1. The van der Waals surface area contributed by atoms with Gasteiger partial charge in [-0.15, -0.1) is 0 Å². The molecule has 0 radical (unpaired) electrons. The molecule has 1 N–H and O–H groups in total. The third-order valence-corrected chi connectivity index (χ3v) is 4.07. The number of nitrogens with zero attached hydrogens (tertiary/aromatic N) is 1. The number of hydrogen-bond acceptors (Lipinski definition) is 3. The van der Waals surface area contributed by atoms with Gasteiger partial charge >= 0.3 is 0 Å². The van der Waals surface area contributed by atoms with Crippen LogP contribution >= 0.6 is 11.6 Å².